The predicted octanol–water partition coefficient (Wildman–Crippen LogP) is 5.96. The van der Waals surface area contributed by atoms with E-state index < -0.39 is 0 Å². The molecule has 44 heavy (non-hydrogen) atoms. The van der Waals surface area contributed by atoms with Crippen LogP contribution in [-0.4, -0.2) is 68.9 Å². The number of benzene rings is 2. The highest BCUT2D eigenvalue weighted by Crippen LogP contribution is 2.26. The monoisotopic (exact) mass is 584 g/mol. The fourth-order valence-electron chi connectivity index (χ4n) is 5.12. The van der Waals surface area contributed by atoms with Crippen LogP contribution in [0, 0.1) is 13.8 Å². The highest BCUT2D eigenvalue weighted by molar-refractivity contribution is 6.04. The number of aryl methyl sites for hydroxylation is 2. The quantitative estimate of drug-likeness (QED) is 0.231. The van der Waals surface area contributed by atoms with E-state index >= 15 is 0 Å². The zero-order chi connectivity index (χ0) is 30.5. The average molecular weight is 585 g/mol. The van der Waals surface area contributed by atoms with E-state index in [0.29, 0.717) is 17.2 Å². The SMILES string of the molecule is Cc1ccc(-c2cncc(-c3ccnc(Nc4cc(NC(=O)c5ccc(CN6CCN(C)CC6)cc5)ccc4C)n3)c2)nc1. The van der Waals surface area contributed by atoms with Crippen molar-refractivity contribution in [2.24, 2.45) is 0 Å². The summed E-state index contributed by atoms with van der Waals surface area (Å²) < 4.78 is 0. The summed E-state index contributed by atoms with van der Waals surface area (Å²) in [7, 11) is 2.16. The molecule has 2 N–H and O–H groups in total. The number of hydrogen-bond donors (Lipinski definition) is 2. The summed E-state index contributed by atoms with van der Waals surface area (Å²) in [5.74, 6) is 0.295. The van der Waals surface area contributed by atoms with E-state index in [1.165, 1.54) is 5.56 Å². The second-order valence-electron chi connectivity index (χ2n) is 11.3. The number of likely N-dealkylation sites (N-methyl/N-ethyl adjacent to an activating group) is 1. The van der Waals surface area contributed by atoms with Gasteiger partial charge in [-0.1, -0.05) is 24.3 Å². The molecule has 1 aliphatic rings. The van der Waals surface area contributed by atoms with Gasteiger partial charge in [-0.3, -0.25) is 19.7 Å². The van der Waals surface area contributed by atoms with Crippen molar-refractivity contribution in [3.05, 3.63) is 114 Å². The molecule has 1 aliphatic heterocycles. The molecule has 0 spiro atoms. The molecule has 0 atom stereocenters. The van der Waals surface area contributed by atoms with Gasteiger partial charge in [0.05, 0.1) is 11.4 Å². The number of rotatable bonds is 8. The first-order valence-corrected chi connectivity index (χ1v) is 14.8. The highest BCUT2D eigenvalue weighted by Gasteiger charge is 2.15. The zero-order valence-electron chi connectivity index (χ0n) is 25.3. The van der Waals surface area contributed by atoms with Gasteiger partial charge in [0.1, 0.15) is 0 Å². The molecule has 1 amide bonds. The number of nitrogens with one attached hydrogen (secondary N) is 2. The van der Waals surface area contributed by atoms with Crippen molar-refractivity contribution >= 4 is 23.2 Å². The third-order valence-corrected chi connectivity index (χ3v) is 7.86. The Hall–Kier alpha value is -4.99. The van der Waals surface area contributed by atoms with E-state index in [1.807, 2.05) is 86.8 Å². The van der Waals surface area contributed by atoms with Crippen molar-refractivity contribution in [2.75, 3.05) is 43.9 Å². The third kappa shape index (κ3) is 7.14. The zero-order valence-corrected chi connectivity index (χ0v) is 25.3. The summed E-state index contributed by atoms with van der Waals surface area (Å²) in [6, 6.07) is 21.5. The number of amides is 1. The summed E-state index contributed by atoms with van der Waals surface area (Å²) in [5.41, 5.74) is 8.80. The lowest BCUT2D eigenvalue weighted by atomic mass is 10.1. The van der Waals surface area contributed by atoms with Crippen LogP contribution < -0.4 is 10.6 Å². The Bertz CT molecular complexity index is 1750. The molecule has 0 radical (unpaired) electrons. The molecule has 9 nitrogen and oxygen atoms in total. The largest absolute Gasteiger partial charge is 0.324 e. The van der Waals surface area contributed by atoms with Crippen molar-refractivity contribution < 1.29 is 4.79 Å². The molecular weight excluding hydrogens is 548 g/mol. The standard InChI is InChI=1S/C35H36N8O/c1-24-4-11-31(38-20-24)28-18-29(22-36-21-28)32-12-13-37-35(40-32)41-33-19-30(10-5-25(33)2)39-34(44)27-8-6-26(7-9-27)23-43-16-14-42(3)15-17-43/h4-13,18-22H,14-17,23H2,1-3H3,(H,39,44)(H,37,40,41). The van der Waals surface area contributed by atoms with E-state index in [9.17, 15) is 4.79 Å². The Morgan fingerprint density at radius 1 is 0.818 bits per heavy atom. The van der Waals surface area contributed by atoms with E-state index in [4.69, 9.17) is 4.98 Å². The maximum absolute atomic E-state index is 13.1. The van der Waals surface area contributed by atoms with Gasteiger partial charge in [-0.25, -0.2) is 9.97 Å². The molecule has 0 unspecified atom stereocenters. The van der Waals surface area contributed by atoms with E-state index in [0.717, 1.165) is 72.1 Å². The summed E-state index contributed by atoms with van der Waals surface area (Å²) in [6.07, 6.45) is 7.15. The molecule has 0 saturated carbocycles. The van der Waals surface area contributed by atoms with Gasteiger partial charge in [-0.05, 0) is 80.1 Å². The first-order valence-electron chi connectivity index (χ1n) is 14.8. The molecule has 2 aromatic carbocycles. The van der Waals surface area contributed by atoms with Crippen LogP contribution in [0.3, 0.4) is 0 Å². The number of carbonyl (C=O) groups is 1. The Kier molecular flexibility index (Phi) is 8.67. The number of pyridine rings is 2. The van der Waals surface area contributed by atoms with Gasteiger partial charge < -0.3 is 15.5 Å². The molecular formula is C35H36N8O. The first kappa shape index (κ1) is 29.1. The molecule has 1 saturated heterocycles. The second-order valence-corrected chi connectivity index (χ2v) is 11.3. The van der Waals surface area contributed by atoms with E-state index in [-0.39, 0.29) is 5.91 Å². The Morgan fingerprint density at radius 2 is 1.59 bits per heavy atom. The van der Waals surface area contributed by atoms with Crippen LogP contribution in [0.15, 0.2) is 91.5 Å². The van der Waals surface area contributed by atoms with Crippen LogP contribution in [0.5, 0.6) is 0 Å². The maximum Gasteiger partial charge on any atom is 0.255 e. The molecule has 3 aromatic heterocycles. The van der Waals surface area contributed by atoms with Crippen LogP contribution in [-0.2, 0) is 6.54 Å². The van der Waals surface area contributed by atoms with Crippen LogP contribution in [0.25, 0.3) is 22.5 Å². The Labute approximate surface area is 258 Å². The summed E-state index contributed by atoms with van der Waals surface area (Å²) >= 11 is 0. The minimum Gasteiger partial charge on any atom is -0.324 e. The lowest BCUT2D eigenvalue weighted by Gasteiger charge is -2.32. The van der Waals surface area contributed by atoms with Crippen molar-refractivity contribution in [2.45, 2.75) is 20.4 Å². The lowest BCUT2D eigenvalue weighted by Crippen LogP contribution is -2.43. The van der Waals surface area contributed by atoms with Gasteiger partial charge in [0.2, 0.25) is 5.95 Å². The predicted molar refractivity (Wildman–Crippen MR) is 175 cm³/mol. The molecule has 9 heteroatoms. The Morgan fingerprint density at radius 3 is 2.34 bits per heavy atom. The van der Waals surface area contributed by atoms with Crippen LogP contribution in [0.2, 0.25) is 0 Å². The molecule has 5 aromatic rings. The number of hydrogen-bond acceptors (Lipinski definition) is 8. The third-order valence-electron chi connectivity index (χ3n) is 7.86. The first-order chi connectivity index (χ1) is 21.4. The van der Waals surface area contributed by atoms with Gasteiger partial charge in [0, 0.05) is 85.6 Å². The number of anilines is 3. The highest BCUT2D eigenvalue weighted by atomic mass is 16.1. The van der Waals surface area contributed by atoms with Crippen LogP contribution in [0.1, 0.15) is 27.0 Å². The Balaban J connectivity index is 1.12. The fourth-order valence-corrected chi connectivity index (χ4v) is 5.12. The fraction of sp³-hybridized carbons (Fsp3) is 0.229. The van der Waals surface area contributed by atoms with Crippen LogP contribution in [0.4, 0.5) is 17.3 Å². The molecule has 0 aliphatic carbocycles. The minimum atomic E-state index is -0.153. The van der Waals surface area contributed by atoms with Gasteiger partial charge in [-0.15, -0.1) is 0 Å². The van der Waals surface area contributed by atoms with Crippen LogP contribution >= 0.6 is 0 Å². The molecule has 222 valence electrons. The van der Waals surface area contributed by atoms with E-state index in [2.05, 4.69) is 42.4 Å². The average Bonchev–Trinajstić information content (AvgIpc) is 3.05. The van der Waals surface area contributed by atoms with Gasteiger partial charge >= 0.3 is 0 Å². The molecule has 6 rings (SSSR count). The lowest BCUT2D eigenvalue weighted by molar-refractivity contribution is 0.102. The second kappa shape index (κ2) is 13.1. The molecule has 1 fully saturated rings. The number of nitrogens with zero attached hydrogens (tertiary/aromatic N) is 6. The van der Waals surface area contributed by atoms with Gasteiger partial charge in [0.15, 0.2) is 0 Å². The number of piperazine rings is 1. The molecule has 0 bridgehead atoms. The van der Waals surface area contributed by atoms with Crippen molar-refractivity contribution in [3.63, 3.8) is 0 Å². The number of aromatic nitrogens is 4. The van der Waals surface area contributed by atoms with Gasteiger partial charge in [-0.2, -0.15) is 0 Å². The maximum atomic E-state index is 13.1. The van der Waals surface area contributed by atoms with E-state index in [1.54, 1.807) is 18.6 Å². The molecule has 4 heterocycles. The van der Waals surface area contributed by atoms with Crippen molar-refractivity contribution in [1.29, 1.82) is 0 Å². The van der Waals surface area contributed by atoms with Crippen molar-refractivity contribution in [3.8, 4) is 22.5 Å². The summed E-state index contributed by atoms with van der Waals surface area (Å²) in [4.78, 5) is 36.0. The number of carbonyl (C=O) groups excluding carboxylic acids is 1. The van der Waals surface area contributed by atoms with Gasteiger partial charge in [0.25, 0.3) is 5.91 Å². The minimum absolute atomic E-state index is 0.153. The normalized spacial score (nSPS) is 13.9. The summed E-state index contributed by atoms with van der Waals surface area (Å²) in [6.45, 7) is 9.21. The topological polar surface area (TPSA) is 99.2 Å². The summed E-state index contributed by atoms with van der Waals surface area (Å²) in [5, 5.41) is 6.35. The smallest absolute Gasteiger partial charge is 0.255 e. The van der Waals surface area contributed by atoms with Crippen molar-refractivity contribution in [1.82, 2.24) is 29.7 Å².